The van der Waals surface area contributed by atoms with Gasteiger partial charge in [-0.1, -0.05) is 32.1 Å². The molecular formula is C15H21FN2OS. The van der Waals surface area contributed by atoms with Gasteiger partial charge in [-0.3, -0.25) is 0 Å². The normalized spacial score (nSPS) is 11.8. The van der Waals surface area contributed by atoms with Gasteiger partial charge in [0.25, 0.3) is 0 Å². The summed E-state index contributed by atoms with van der Waals surface area (Å²) in [4.78, 5) is 14.0. The van der Waals surface area contributed by atoms with Crippen molar-refractivity contribution in [2.24, 2.45) is 0 Å². The van der Waals surface area contributed by atoms with Gasteiger partial charge in [-0.2, -0.15) is 0 Å². The first-order valence-electron chi connectivity index (χ1n) is 6.68. The molecule has 1 aromatic carbocycles. The van der Waals surface area contributed by atoms with Crippen molar-refractivity contribution in [1.82, 2.24) is 4.90 Å². The standard InChI is InChI=1S/C15H21FN2OS/c1-4-11-18(14(5-2)20-6-3)15(19)17-13-10-8-7-9-12(13)16/h4,7-10,14H,1,5-6,11H2,2-3H3,(H,17,19). The largest absolute Gasteiger partial charge is 0.323 e. The van der Waals surface area contributed by atoms with E-state index in [1.807, 2.05) is 13.8 Å². The van der Waals surface area contributed by atoms with Crippen LogP contribution < -0.4 is 5.32 Å². The van der Waals surface area contributed by atoms with Crippen molar-refractivity contribution in [1.29, 1.82) is 0 Å². The summed E-state index contributed by atoms with van der Waals surface area (Å²) in [6.45, 7) is 8.19. The summed E-state index contributed by atoms with van der Waals surface area (Å²) in [5, 5.41) is 2.68. The quantitative estimate of drug-likeness (QED) is 0.600. The monoisotopic (exact) mass is 296 g/mol. The Bertz CT molecular complexity index is 453. The molecule has 5 heteroatoms. The average molecular weight is 296 g/mol. The number of nitrogens with one attached hydrogen (secondary N) is 1. The van der Waals surface area contributed by atoms with E-state index in [9.17, 15) is 9.18 Å². The molecule has 0 aliphatic rings. The van der Waals surface area contributed by atoms with E-state index in [1.54, 1.807) is 40.9 Å². The van der Waals surface area contributed by atoms with E-state index in [0.29, 0.717) is 6.54 Å². The highest BCUT2D eigenvalue weighted by molar-refractivity contribution is 7.99. The zero-order valence-corrected chi connectivity index (χ0v) is 12.8. The van der Waals surface area contributed by atoms with Crippen molar-refractivity contribution in [3.05, 3.63) is 42.7 Å². The highest BCUT2D eigenvalue weighted by Gasteiger charge is 2.21. The van der Waals surface area contributed by atoms with Crippen LogP contribution in [0.15, 0.2) is 36.9 Å². The zero-order valence-electron chi connectivity index (χ0n) is 11.9. The Balaban J connectivity index is 2.83. The van der Waals surface area contributed by atoms with Crippen LogP contribution in [0.4, 0.5) is 14.9 Å². The second-order valence-corrected chi connectivity index (χ2v) is 5.62. The maximum atomic E-state index is 13.6. The Hall–Kier alpha value is -1.49. The predicted octanol–water partition coefficient (Wildman–Crippen LogP) is 4.33. The van der Waals surface area contributed by atoms with Gasteiger partial charge >= 0.3 is 6.03 Å². The third kappa shape index (κ3) is 4.56. The number of hydrogen-bond acceptors (Lipinski definition) is 2. The van der Waals surface area contributed by atoms with Crippen molar-refractivity contribution < 1.29 is 9.18 Å². The van der Waals surface area contributed by atoms with Crippen LogP contribution in [0, 0.1) is 5.82 Å². The molecule has 1 aromatic rings. The van der Waals surface area contributed by atoms with E-state index >= 15 is 0 Å². The second kappa shape index (κ2) is 8.64. The SMILES string of the molecule is C=CCN(C(=O)Nc1ccccc1F)C(CC)SCC. The lowest BCUT2D eigenvalue weighted by atomic mass is 10.3. The molecule has 1 atom stereocenters. The van der Waals surface area contributed by atoms with Crippen LogP contribution in [0.5, 0.6) is 0 Å². The highest BCUT2D eigenvalue weighted by Crippen LogP contribution is 2.21. The van der Waals surface area contributed by atoms with Crippen LogP contribution >= 0.6 is 11.8 Å². The number of thioether (sulfide) groups is 1. The lowest BCUT2D eigenvalue weighted by Gasteiger charge is -2.29. The number of rotatable bonds is 7. The third-order valence-corrected chi connectivity index (χ3v) is 4.06. The Morgan fingerprint density at radius 3 is 2.75 bits per heavy atom. The van der Waals surface area contributed by atoms with E-state index in [4.69, 9.17) is 0 Å². The minimum absolute atomic E-state index is 0.0600. The molecule has 2 amide bonds. The first-order chi connectivity index (χ1) is 9.63. The maximum Gasteiger partial charge on any atom is 0.323 e. The van der Waals surface area contributed by atoms with E-state index in [-0.39, 0.29) is 17.1 Å². The lowest BCUT2D eigenvalue weighted by Crippen LogP contribution is -2.41. The fourth-order valence-electron chi connectivity index (χ4n) is 1.84. The molecule has 0 fully saturated rings. The summed E-state index contributed by atoms with van der Waals surface area (Å²) in [5.41, 5.74) is 0.197. The van der Waals surface area contributed by atoms with Crippen molar-refractivity contribution in [2.45, 2.75) is 25.6 Å². The Morgan fingerprint density at radius 2 is 2.20 bits per heavy atom. The minimum atomic E-state index is -0.435. The van der Waals surface area contributed by atoms with Gasteiger partial charge in [0.1, 0.15) is 5.82 Å². The van der Waals surface area contributed by atoms with E-state index in [2.05, 4.69) is 11.9 Å². The lowest BCUT2D eigenvalue weighted by molar-refractivity contribution is 0.212. The molecule has 20 heavy (non-hydrogen) atoms. The van der Waals surface area contributed by atoms with Crippen molar-refractivity contribution in [2.75, 3.05) is 17.6 Å². The second-order valence-electron chi connectivity index (χ2n) is 4.17. The van der Waals surface area contributed by atoms with Crippen LogP contribution in [0.3, 0.4) is 0 Å². The molecule has 0 aromatic heterocycles. The van der Waals surface area contributed by atoms with Gasteiger partial charge in [0.15, 0.2) is 0 Å². The Morgan fingerprint density at radius 1 is 1.50 bits per heavy atom. The number of benzene rings is 1. The first-order valence-corrected chi connectivity index (χ1v) is 7.73. The number of carbonyl (C=O) groups is 1. The van der Waals surface area contributed by atoms with Crippen molar-refractivity contribution >= 4 is 23.5 Å². The molecule has 1 unspecified atom stereocenters. The molecule has 0 aliphatic heterocycles. The van der Waals surface area contributed by atoms with Crippen molar-refractivity contribution in [3.8, 4) is 0 Å². The summed E-state index contributed by atoms with van der Waals surface area (Å²) in [6.07, 6.45) is 2.51. The fourth-order valence-corrected chi connectivity index (χ4v) is 2.82. The molecule has 0 heterocycles. The Labute approximate surface area is 124 Å². The summed E-state index contributed by atoms with van der Waals surface area (Å²) >= 11 is 1.69. The average Bonchev–Trinajstić information content (AvgIpc) is 2.45. The molecule has 0 spiro atoms. The highest BCUT2D eigenvalue weighted by atomic mass is 32.2. The topological polar surface area (TPSA) is 32.3 Å². The molecular weight excluding hydrogens is 275 g/mol. The number of halogens is 1. The fraction of sp³-hybridized carbons (Fsp3) is 0.400. The summed E-state index contributed by atoms with van der Waals surface area (Å²) in [6, 6.07) is 5.85. The molecule has 0 bridgehead atoms. The molecule has 0 saturated heterocycles. The van der Waals surface area contributed by atoms with Crippen LogP contribution in [0.25, 0.3) is 0 Å². The summed E-state index contributed by atoms with van der Waals surface area (Å²) in [7, 11) is 0. The van der Waals surface area contributed by atoms with E-state index < -0.39 is 5.82 Å². The number of carbonyl (C=O) groups excluding carboxylic acids is 1. The molecule has 0 radical (unpaired) electrons. The van der Waals surface area contributed by atoms with Gasteiger partial charge < -0.3 is 10.2 Å². The minimum Gasteiger partial charge on any atom is -0.309 e. The number of hydrogen-bond donors (Lipinski definition) is 1. The number of anilines is 1. The van der Waals surface area contributed by atoms with E-state index in [1.165, 1.54) is 6.07 Å². The van der Waals surface area contributed by atoms with E-state index in [0.717, 1.165) is 12.2 Å². The number of urea groups is 1. The maximum absolute atomic E-state index is 13.6. The zero-order chi connectivity index (χ0) is 15.0. The van der Waals surface area contributed by atoms with Gasteiger partial charge in [-0.25, -0.2) is 9.18 Å². The van der Waals surface area contributed by atoms with Gasteiger partial charge in [-0.15, -0.1) is 18.3 Å². The smallest absolute Gasteiger partial charge is 0.309 e. The van der Waals surface area contributed by atoms with Crippen LogP contribution in [-0.4, -0.2) is 28.6 Å². The summed E-state index contributed by atoms with van der Waals surface area (Å²) in [5.74, 6) is 0.481. The number of para-hydroxylation sites is 1. The Kier molecular flexibility index (Phi) is 7.15. The van der Waals surface area contributed by atoms with Crippen LogP contribution in [0.2, 0.25) is 0 Å². The molecule has 1 N–H and O–H groups in total. The van der Waals surface area contributed by atoms with Gasteiger partial charge in [0, 0.05) is 6.54 Å². The molecule has 0 aliphatic carbocycles. The summed E-state index contributed by atoms with van der Waals surface area (Å²) < 4.78 is 13.6. The molecule has 0 saturated carbocycles. The number of nitrogens with zero attached hydrogens (tertiary/aromatic N) is 1. The van der Waals surface area contributed by atoms with Gasteiger partial charge in [-0.05, 0) is 24.3 Å². The van der Waals surface area contributed by atoms with Crippen LogP contribution in [0.1, 0.15) is 20.3 Å². The molecule has 110 valence electrons. The van der Waals surface area contributed by atoms with Gasteiger partial charge in [0.05, 0.1) is 11.1 Å². The molecule has 1 rings (SSSR count). The third-order valence-electron chi connectivity index (χ3n) is 2.76. The number of amides is 2. The predicted molar refractivity (Wildman–Crippen MR) is 84.5 cm³/mol. The molecule has 3 nitrogen and oxygen atoms in total. The first kappa shape index (κ1) is 16.6. The van der Waals surface area contributed by atoms with Gasteiger partial charge in [0.2, 0.25) is 0 Å². The van der Waals surface area contributed by atoms with Crippen molar-refractivity contribution in [3.63, 3.8) is 0 Å². The van der Waals surface area contributed by atoms with Crippen LogP contribution in [-0.2, 0) is 0 Å².